The summed E-state index contributed by atoms with van der Waals surface area (Å²) in [5.41, 5.74) is 5.61. The molecule has 41 heavy (non-hydrogen) atoms. The number of primary amides is 1. The van der Waals surface area contributed by atoms with Crippen LogP contribution < -0.4 is 26.4 Å². The molecule has 0 aliphatic rings. The highest BCUT2D eigenvalue weighted by atomic mass is 19.1. The van der Waals surface area contributed by atoms with Crippen molar-refractivity contribution in [2.24, 2.45) is 11.7 Å². The van der Waals surface area contributed by atoms with Gasteiger partial charge in [-0.15, -0.1) is 5.10 Å². The van der Waals surface area contributed by atoms with E-state index in [2.05, 4.69) is 36.2 Å². The number of ether oxygens (including phenoxy) is 2. The predicted octanol–water partition coefficient (Wildman–Crippen LogP) is 4.18. The maximum atomic E-state index is 15.2. The van der Waals surface area contributed by atoms with E-state index in [1.165, 1.54) is 17.1 Å². The molecule has 5 N–H and O–H groups in total. The number of anilines is 3. The predicted molar refractivity (Wildman–Crippen MR) is 152 cm³/mol. The van der Waals surface area contributed by atoms with Gasteiger partial charge in [-0.1, -0.05) is 19.1 Å². The Morgan fingerprint density at radius 3 is 2.49 bits per heavy atom. The zero-order valence-electron chi connectivity index (χ0n) is 24.4. The van der Waals surface area contributed by atoms with Crippen LogP contribution in [0.1, 0.15) is 65.2 Å². The van der Waals surface area contributed by atoms with Crippen LogP contribution in [0.15, 0.2) is 30.7 Å². The second-order valence-corrected chi connectivity index (χ2v) is 10.8. The number of hydrogen-bond donors (Lipinski definition) is 4. The molecule has 14 heteroatoms. The van der Waals surface area contributed by atoms with E-state index in [-0.39, 0.29) is 23.1 Å². The van der Waals surface area contributed by atoms with Gasteiger partial charge in [0.1, 0.15) is 17.1 Å². The Morgan fingerprint density at radius 1 is 1.17 bits per heavy atom. The van der Waals surface area contributed by atoms with Gasteiger partial charge >= 0.3 is 6.09 Å². The van der Waals surface area contributed by atoms with Crippen LogP contribution >= 0.6 is 0 Å². The monoisotopic (exact) mass is 571 g/mol. The minimum Gasteiger partial charge on any atom is -0.476 e. The summed E-state index contributed by atoms with van der Waals surface area (Å²) in [6.07, 6.45) is 4.59. The summed E-state index contributed by atoms with van der Waals surface area (Å²) >= 11 is 0. The van der Waals surface area contributed by atoms with Crippen LogP contribution in [0.4, 0.5) is 26.5 Å². The van der Waals surface area contributed by atoms with Gasteiger partial charge in [0.05, 0.1) is 36.4 Å². The van der Waals surface area contributed by atoms with Gasteiger partial charge in [-0.2, -0.15) is 0 Å². The fraction of sp³-hybridized carbons (Fsp3) is 0.481. The Hall–Kier alpha value is -4.49. The lowest BCUT2D eigenvalue weighted by Gasteiger charge is -2.29. The SMILES string of the molecule is CCOc1ncc(Nc2nc(N[C@H](CC(C)C)[C@H](C)NC(=O)OC(C)(C)C)c(F)cc2C(N)=O)cc1-n1ccnn1. The standard InChI is InChI=1S/C27H38FN9O4/c1-8-40-25-21(37-10-9-31-36-37)12-17(14-30-25)33-23-18(22(29)38)13-19(28)24(35-23)34-20(11-15(2)3)16(4)32-26(39)41-27(5,6)7/h9-10,12-16,20H,8,11H2,1-7H3,(H2,29,38)(H,32,39)(H2,33,34,35)/t16-,20+/m0/s1. The zero-order valence-corrected chi connectivity index (χ0v) is 24.4. The van der Waals surface area contributed by atoms with E-state index < -0.39 is 35.5 Å². The fourth-order valence-electron chi connectivity index (χ4n) is 3.93. The number of nitrogens with one attached hydrogen (secondary N) is 3. The Kier molecular flexibility index (Phi) is 10.0. The lowest BCUT2D eigenvalue weighted by atomic mass is 9.98. The van der Waals surface area contributed by atoms with E-state index in [1.807, 2.05) is 20.8 Å². The van der Waals surface area contributed by atoms with Crippen molar-refractivity contribution in [1.29, 1.82) is 0 Å². The lowest BCUT2D eigenvalue weighted by Crippen LogP contribution is -2.47. The first kappa shape index (κ1) is 31.0. The third-order valence-electron chi connectivity index (χ3n) is 5.68. The largest absolute Gasteiger partial charge is 0.476 e. The summed E-state index contributed by atoms with van der Waals surface area (Å²) in [7, 11) is 0. The average Bonchev–Trinajstić information content (AvgIpc) is 3.39. The van der Waals surface area contributed by atoms with Crippen molar-refractivity contribution in [3.05, 3.63) is 42.1 Å². The quantitative estimate of drug-likeness (QED) is 0.247. The average molecular weight is 572 g/mol. The van der Waals surface area contributed by atoms with Crippen LogP contribution in [0.25, 0.3) is 5.69 Å². The molecule has 0 bridgehead atoms. The molecule has 0 unspecified atom stereocenters. The van der Waals surface area contributed by atoms with Crippen molar-refractivity contribution in [2.75, 3.05) is 17.2 Å². The number of halogens is 1. The van der Waals surface area contributed by atoms with Crippen LogP contribution in [0, 0.1) is 11.7 Å². The van der Waals surface area contributed by atoms with Crippen molar-refractivity contribution in [3.63, 3.8) is 0 Å². The molecule has 13 nitrogen and oxygen atoms in total. The Bertz CT molecular complexity index is 1340. The summed E-state index contributed by atoms with van der Waals surface area (Å²) in [5, 5.41) is 16.7. The Morgan fingerprint density at radius 2 is 1.90 bits per heavy atom. The highest BCUT2D eigenvalue weighted by Gasteiger charge is 2.26. The van der Waals surface area contributed by atoms with E-state index in [9.17, 15) is 9.59 Å². The molecule has 0 saturated heterocycles. The molecular formula is C27H38FN9O4. The van der Waals surface area contributed by atoms with Crippen molar-refractivity contribution in [3.8, 4) is 11.6 Å². The summed E-state index contributed by atoms with van der Waals surface area (Å²) in [6.45, 7) is 13.3. The molecule has 2 amide bonds. The highest BCUT2D eigenvalue weighted by molar-refractivity contribution is 5.98. The smallest absolute Gasteiger partial charge is 0.407 e. The molecule has 0 radical (unpaired) electrons. The van der Waals surface area contributed by atoms with E-state index in [4.69, 9.17) is 15.2 Å². The van der Waals surface area contributed by atoms with Gasteiger partial charge in [0.15, 0.2) is 11.6 Å². The molecule has 0 saturated carbocycles. The minimum atomic E-state index is -0.875. The van der Waals surface area contributed by atoms with Crippen LogP contribution in [-0.2, 0) is 4.74 Å². The van der Waals surface area contributed by atoms with E-state index in [0.717, 1.165) is 6.07 Å². The van der Waals surface area contributed by atoms with Gasteiger partial charge in [-0.3, -0.25) is 4.79 Å². The van der Waals surface area contributed by atoms with Crippen molar-refractivity contribution < 1.29 is 23.5 Å². The van der Waals surface area contributed by atoms with Crippen molar-refractivity contribution in [2.45, 2.75) is 72.6 Å². The Labute approximate surface area is 238 Å². The van der Waals surface area contributed by atoms with Crippen LogP contribution in [-0.4, -0.2) is 61.3 Å². The molecule has 222 valence electrons. The maximum Gasteiger partial charge on any atom is 0.407 e. The van der Waals surface area contributed by atoms with Gasteiger partial charge in [0.2, 0.25) is 5.88 Å². The number of aromatic nitrogens is 5. The Balaban J connectivity index is 1.94. The minimum absolute atomic E-state index is 0.00736. The fourth-order valence-corrected chi connectivity index (χ4v) is 3.93. The van der Waals surface area contributed by atoms with Gasteiger partial charge in [-0.05, 0) is 59.1 Å². The first-order valence-electron chi connectivity index (χ1n) is 13.3. The third kappa shape index (κ3) is 8.75. The molecule has 3 heterocycles. The van der Waals surface area contributed by atoms with E-state index in [0.29, 0.717) is 30.3 Å². The van der Waals surface area contributed by atoms with Gasteiger partial charge < -0.3 is 31.2 Å². The number of carbonyl (C=O) groups excluding carboxylic acids is 2. The number of pyridine rings is 2. The maximum absolute atomic E-state index is 15.2. The molecule has 0 fully saturated rings. The number of amides is 2. The van der Waals surface area contributed by atoms with E-state index in [1.54, 1.807) is 40.0 Å². The first-order valence-corrected chi connectivity index (χ1v) is 13.3. The molecule has 3 aromatic rings. The van der Waals surface area contributed by atoms with Crippen LogP contribution in [0.3, 0.4) is 0 Å². The molecule has 0 aliphatic carbocycles. The first-order chi connectivity index (χ1) is 19.3. The second kappa shape index (κ2) is 13.2. The van der Waals surface area contributed by atoms with Crippen molar-refractivity contribution in [1.82, 2.24) is 30.3 Å². The number of rotatable bonds is 12. The number of nitrogens with zero attached hydrogens (tertiary/aromatic N) is 5. The highest BCUT2D eigenvalue weighted by Crippen LogP contribution is 2.28. The summed E-state index contributed by atoms with van der Waals surface area (Å²) in [5.74, 6) is -1.26. The zero-order chi connectivity index (χ0) is 30.3. The molecule has 0 spiro atoms. The number of carbonyl (C=O) groups is 2. The molecule has 3 aromatic heterocycles. The molecule has 0 aliphatic heterocycles. The topological polar surface area (TPSA) is 171 Å². The van der Waals surface area contributed by atoms with Crippen molar-refractivity contribution >= 4 is 29.3 Å². The van der Waals surface area contributed by atoms with Gasteiger partial charge in [0, 0.05) is 12.1 Å². The summed E-state index contributed by atoms with van der Waals surface area (Å²) in [4.78, 5) is 33.3. The molecule has 2 atom stereocenters. The lowest BCUT2D eigenvalue weighted by molar-refractivity contribution is 0.0501. The number of alkyl carbamates (subject to hydrolysis) is 1. The van der Waals surface area contributed by atoms with Crippen LogP contribution in [0.2, 0.25) is 0 Å². The van der Waals surface area contributed by atoms with Gasteiger partial charge in [-0.25, -0.2) is 23.8 Å². The second-order valence-electron chi connectivity index (χ2n) is 10.8. The molecular weight excluding hydrogens is 533 g/mol. The molecule has 0 aromatic carbocycles. The van der Waals surface area contributed by atoms with E-state index >= 15 is 4.39 Å². The molecule has 3 rings (SSSR count). The van der Waals surface area contributed by atoms with Gasteiger partial charge in [0.25, 0.3) is 5.91 Å². The van der Waals surface area contributed by atoms with Crippen LogP contribution in [0.5, 0.6) is 5.88 Å². The normalized spacial score (nSPS) is 12.9. The number of nitrogens with two attached hydrogens (primary N) is 1. The summed E-state index contributed by atoms with van der Waals surface area (Å²) in [6, 6.07) is 1.80. The number of hydrogen-bond acceptors (Lipinski definition) is 10. The third-order valence-corrected chi connectivity index (χ3v) is 5.68. The summed E-state index contributed by atoms with van der Waals surface area (Å²) < 4.78 is 27.7.